The van der Waals surface area contributed by atoms with E-state index in [-0.39, 0.29) is 11.1 Å². The highest BCUT2D eigenvalue weighted by atomic mass is 32.2. The summed E-state index contributed by atoms with van der Waals surface area (Å²) in [5.74, 6) is 1.22. The Labute approximate surface area is 95.8 Å². The van der Waals surface area contributed by atoms with Crippen molar-refractivity contribution in [1.29, 1.82) is 5.41 Å². The highest BCUT2D eigenvalue weighted by Gasteiger charge is 2.10. The topological polar surface area (TPSA) is 49.9 Å². The number of thioether (sulfide) groups is 1. The molecule has 1 atom stereocenters. The third kappa shape index (κ3) is 3.59. The average Bonchev–Trinajstić information content (AvgIpc) is 2.21. The van der Waals surface area contributed by atoms with Crippen molar-refractivity contribution < 1.29 is 0 Å². The molecule has 1 rings (SSSR count). The molecule has 0 radical (unpaired) electrons. The zero-order chi connectivity index (χ0) is 11.3. The van der Waals surface area contributed by atoms with Gasteiger partial charge in [-0.1, -0.05) is 31.2 Å². The number of benzene rings is 1. The van der Waals surface area contributed by atoms with Crippen molar-refractivity contribution in [3.8, 4) is 0 Å². The molecule has 0 aromatic heterocycles. The van der Waals surface area contributed by atoms with E-state index < -0.39 is 0 Å². The molecule has 1 aromatic rings. The van der Waals surface area contributed by atoms with Crippen molar-refractivity contribution in [1.82, 2.24) is 0 Å². The van der Waals surface area contributed by atoms with E-state index in [2.05, 4.69) is 32.0 Å². The lowest BCUT2D eigenvalue weighted by atomic mass is 10.1. The molecule has 0 fully saturated rings. The molecule has 0 saturated carbocycles. The van der Waals surface area contributed by atoms with Crippen LogP contribution in [0.15, 0.2) is 24.3 Å². The van der Waals surface area contributed by atoms with Crippen LogP contribution in [-0.2, 0) is 5.75 Å². The third-order valence-corrected chi connectivity index (χ3v) is 3.89. The lowest BCUT2D eigenvalue weighted by Gasteiger charge is -2.13. The minimum atomic E-state index is 0.157. The maximum absolute atomic E-state index is 7.43. The monoisotopic (exact) mass is 222 g/mol. The summed E-state index contributed by atoms with van der Waals surface area (Å²) in [6.07, 6.45) is 0.923. The van der Waals surface area contributed by atoms with Gasteiger partial charge in [0.1, 0.15) is 5.84 Å². The Morgan fingerprint density at radius 1 is 1.47 bits per heavy atom. The van der Waals surface area contributed by atoms with Gasteiger partial charge in [-0.05, 0) is 24.5 Å². The van der Waals surface area contributed by atoms with E-state index in [0.717, 1.165) is 12.2 Å². The zero-order valence-electron chi connectivity index (χ0n) is 9.29. The van der Waals surface area contributed by atoms with Crippen LogP contribution < -0.4 is 5.73 Å². The number of nitrogens with two attached hydrogens (primary N) is 1. The van der Waals surface area contributed by atoms with Crippen molar-refractivity contribution in [3.63, 3.8) is 0 Å². The summed E-state index contributed by atoms with van der Waals surface area (Å²) < 4.78 is 0. The molecule has 82 valence electrons. The average molecular weight is 222 g/mol. The minimum absolute atomic E-state index is 0.157. The second-order valence-electron chi connectivity index (χ2n) is 3.59. The maximum Gasteiger partial charge on any atom is 0.104 e. The summed E-state index contributed by atoms with van der Waals surface area (Å²) in [4.78, 5) is 0. The van der Waals surface area contributed by atoms with Gasteiger partial charge in [-0.25, -0.2) is 0 Å². The minimum Gasteiger partial charge on any atom is -0.387 e. The van der Waals surface area contributed by atoms with E-state index in [1.54, 1.807) is 11.8 Å². The van der Waals surface area contributed by atoms with Crippen molar-refractivity contribution in [2.24, 2.45) is 5.73 Å². The van der Waals surface area contributed by atoms with Gasteiger partial charge in [0, 0.05) is 5.75 Å². The quantitative estimate of drug-likeness (QED) is 0.594. The Morgan fingerprint density at radius 2 is 2.13 bits per heavy atom. The molecule has 0 aliphatic carbocycles. The standard InChI is InChI=1S/C12H18N2S/c1-3-11(12(13)14)15-8-10-7-5-4-6-9(10)2/h4-7,11H,3,8H2,1-2H3,(H3,13,14). The predicted octanol–water partition coefficient (Wildman–Crippen LogP) is 2.94. The first-order valence-corrected chi connectivity index (χ1v) is 6.20. The largest absolute Gasteiger partial charge is 0.387 e. The molecule has 0 aliphatic rings. The highest BCUT2D eigenvalue weighted by molar-refractivity contribution is 7.99. The van der Waals surface area contributed by atoms with Gasteiger partial charge in [0.15, 0.2) is 0 Å². The number of rotatable bonds is 5. The van der Waals surface area contributed by atoms with E-state index in [1.807, 2.05) is 6.07 Å². The fraction of sp³-hybridized carbons (Fsp3) is 0.417. The number of nitrogens with one attached hydrogen (secondary N) is 1. The van der Waals surface area contributed by atoms with E-state index in [4.69, 9.17) is 11.1 Å². The molecule has 0 heterocycles. The van der Waals surface area contributed by atoms with Crippen LogP contribution in [0.3, 0.4) is 0 Å². The van der Waals surface area contributed by atoms with E-state index in [9.17, 15) is 0 Å². The summed E-state index contributed by atoms with van der Waals surface area (Å²) in [7, 11) is 0. The highest BCUT2D eigenvalue weighted by Crippen LogP contribution is 2.21. The SMILES string of the molecule is CCC(SCc1ccccc1C)C(=N)N. The number of aryl methyl sites for hydroxylation is 1. The van der Waals surface area contributed by atoms with Crippen molar-refractivity contribution in [2.45, 2.75) is 31.3 Å². The second-order valence-corrected chi connectivity index (χ2v) is 4.78. The first-order valence-electron chi connectivity index (χ1n) is 5.15. The van der Waals surface area contributed by atoms with Crippen LogP contribution in [0.1, 0.15) is 24.5 Å². The Bertz CT molecular complexity index is 336. The number of hydrogen-bond acceptors (Lipinski definition) is 2. The number of amidine groups is 1. The van der Waals surface area contributed by atoms with Gasteiger partial charge >= 0.3 is 0 Å². The Morgan fingerprint density at radius 3 is 2.67 bits per heavy atom. The molecule has 3 N–H and O–H groups in total. The molecule has 0 bridgehead atoms. The van der Waals surface area contributed by atoms with E-state index in [0.29, 0.717) is 0 Å². The van der Waals surface area contributed by atoms with Crippen LogP contribution in [-0.4, -0.2) is 11.1 Å². The summed E-state index contributed by atoms with van der Waals surface area (Å²) >= 11 is 1.75. The van der Waals surface area contributed by atoms with Crippen LogP contribution in [0.5, 0.6) is 0 Å². The molecule has 1 aromatic carbocycles. The molecule has 0 aliphatic heterocycles. The van der Waals surface area contributed by atoms with Gasteiger partial charge in [-0.2, -0.15) is 0 Å². The smallest absolute Gasteiger partial charge is 0.104 e. The predicted molar refractivity (Wildman–Crippen MR) is 68.5 cm³/mol. The van der Waals surface area contributed by atoms with Crippen LogP contribution >= 0.6 is 11.8 Å². The molecular weight excluding hydrogens is 204 g/mol. The zero-order valence-corrected chi connectivity index (χ0v) is 10.1. The fourth-order valence-corrected chi connectivity index (χ4v) is 2.51. The van der Waals surface area contributed by atoms with Gasteiger partial charge in [-0.15, -0.1) is 11.8 Å². The van der Waals surface area contributed by atoms with Gasteiger partial charge in [0.25, 0.3) is 0 Å². The van der Waals surface area contributed by atoms with Gasteiger partial charge in [0.05, 0.1) is 5.25 Å². The third-order valence-electron chi connectivity index (χ3n) is 2.42. The van der Waals surface area contributed by atoms with Gasteiger partial charge in [-0.3, -0.25) is 5.41 Å². The maximum atomic E-state index is 7.43. The van der Waals surface area contributed by atoms with E-state index in [1.165, 1.54) is 11.1 Å². The molecule has 0 amide bonds. The lowest BCUT2D eigenvalue weighted by molar-refractivity contribution is 0.990. The van der Waals surface area contributed by atoms with Crippen LogP contribution in [0.25, 0.3) is 0 Å². The summed E-state index contributed by atoms with van der Waals surface area (Å²) in [5.41, 5.74) is 8.16. The molecule has 1 unspecified atom stereocenters. The van der Waals surface area contributed by atoms with Crippen molar-refractivity contribution in [2.75, 3.05) is 0 Å². The fourth-order valence-electron chi connectivity index (χ4n) is 1.39. The van der Waals surface area contributed by atoms with Crippen LogP contribution in [0.2, 0.25) is 0 Å². The van der Waals surface area contributed by atoms with Crippen LogP contribution in [0.4, 0.5) is 0 Å². The Kier molecular flexibility index (Phi) is 4.69. The first-order chi connectivity index (χ1) is 7.15. The molecular formula is C12H18N2S. The lowest BCUT2D eigenvalue weighted by Crippen LogP contribution is -2.24. The van der Waals surface area contributed by atoms with Gasteiger partial charge in [0.2, 0.25) is 0 Å². The summed E-state index contributed by atoms with van der Waals surface area (Å²) in [5, 5.41) is 7.59. The second kappa shape index (κ2) is 5.81. The number of hydrogen-bond donors (Lipinski definition) is 2. The molecule has 3 heteroatoms. The normalized spacial score (nSPS) is 12.4. The Balaban J connectivity index is 2.56. The summed E-state index contributed by atoms with van der Waals surface area (Å²) in [6.45, 7) is 4.18. The summed E-state index contributed by atoms with van der Waals surface area (Å²) in [6, 6.07) is 8.35. The Hall–Kier alpha value is -0.960. The van der Waals surface area contributed by atoms with Gasteiger partial charge < -0.3 is 5.73 Å². The molecule has 0 saturated heterocycles. The van der Waals surface area contributed by atoms with Crippen molar-refractivity contribution in [3.05, 3.63) is 35.4 Å². The molecule has 15 heavy (non-hydrogen) atoms. The molecule has 0 spiro atoms. The van der Waals surface area contributed by atoms with Crippen molar-refractivity contribution >= 4 is 17.6 Å². The first kappa shape index (κ1) is 12.1. The molecule has 2 nitrogen and oxygen atoms in total. The van der Waals surface area contributed by atoms with E-state index >= 15 is 0 Å². The van der Waals surface area contributed by atoms with Crippen LogP contribution in [0, 0.1) is 12.3 Å².